The molecule has 0 bridgehead atoms. The molecule has 2 rings (SSSR count). The van der Waals surface area contributed by atoms with Gasteiger partial charge in [0.2, 0.25) is 0 Å². The van der Waals surface area contributed by atoms with Gasteiger partial charge < -0.3 is 10.2 Å². The molecule has 1 aromatic heterocycles. The highest BCUT2D eigenvalue weighted by Gasteiger charge is 2.16. The Morgan fingerprint density at radius 1 is 1.23 bits per heavy atom. The highest BCUT2D eigenvalue weighted by Crippen LogP contribution is 2.13. The second kappa shape index (κ2) is 7.59. The molecule has 0 fully saturated rings. The molecular weight excluding hydrogens is 274 g/mol. The molecule has 1 amide bonds. The van der Waals surface area contributed by atoms with Crippen LogP contribution in [0.3, 0.4) is 0 Å². The van der Waals surface area contributed by atoms with E-state index in [0.29, 0.717) is 24.8 Å². The number of benzene rings is 1. The van der Waals surface area contributed by atoms with Gasteiger partial charge in [0.05, 0.1) is 0 Å². The maximum absolute atomic E-state index is 12.7. The van der Waals surface area contributed by atoms with Crippen molar-refractivity contribution in [2.45, 2.75) is 33.4 Å². The molecule has 0 unspecified atom stereocenters. The summed E-state index contributed by atoms with van der Waals surface area (Å²) in [7, 11) is 0. The average Bonchev–Trinajstić information content (AvgIpc) is 2.52. The molecule has 2 aromatic rings. The van der Waals surface area contributed by atoms with Crippen molar-refractivity contribution in [2.24, 2.45) is 0 Å². The van der Waals surface area contributed by atoms with E-state index < -0.39 is 0 Å². The fourth-order valence-electron chi connectivity index (χ4n) is 2.26. The van der Waals surface area contributed by atoms with Crippen molar-refractivity contribution < 1.29 is 4.79 Å². The number of hydrogen-bond acceptors (Lipinski definition) is 3. The van der Waals surface area contributed by atoms with Gasteiger partial charge in [0.15, 0.2) is 0 Å². The Bertz CT molecular complexity index is 611. The van der Waals surface area contributed by atoms with Gasteiger partial charge in [-0.05, 0) is 38.5 Å². The van der Waals surface area contributed by atoms with Crippen LogP contribution in [0.25, 0.3) is 0 Å². The normalized spacial score (nSPS) is 10.5. The molecule has 116 valence electrons. The minimum atomic E-state index is -0.0428. The zero-order chi connectivity index (χ0) is 15.9. The zero-order valence-corrected chi connectivity index (χ0v) is 13.4. The summed E-state index contributed by atoms with van der Waals surface area (Å²) in [6.45, 7) is 7.36. The first-order chi connectivity index (χ1) is 10.6. The van der Waals surface area contributed by atoms with Crippen LogP contribution >= 0.6 is 0 Å². The van der Waals surface area contributed by atoms with Crippen LogP contribution in [-0.4, -0.2) is 28.4 Å². The zero-order valence-electron chi connectivity index (χ0n) is 13.4. The lowest BCUT2D eigenvalue weighted by atomic mass is 10.2. The lowest BCUT2D eigenvalue weighted by Gasteiger charge is -2.21. The predicted octanol–water partition coefficient (Wildman–Crippen LogP) is 3.56. The Kier molecular flexibility index (Phi) is 5.53. The van der Waals surface area contributed by atoms with Gasteiger partial charge >= 0.3 is 0 Å². The molecule has 0 radical (unpaired) electrons. The molecule has 0 aliphatic carbocycles. The highest BCUT2D eigenvalue weighted by molar-refractivity contribution is 5.93. The van der Waals surface area contributed by atoms with E-state index in [2.05, 4.69) is 24.1 Å². The van der Waals surface area contributed by atoms with Crippen molar-refractivity contribution in [2.75, 3.05) is 11.9 Å². The van der Waals surface area contributed by atoms with Crippen LogP contribution in [0.4, 0.5) is 5.69 Å². The highest BCUT2D eigenvalue weighted by atomic mass is 16.2. The van der Waals surface area contributed by atoms with Gasteiger partial charge in [-0.3, -0.25) is 9.78 Å². The monoisotopic (exact) mass is 297 g/mol. The maximum atomic E-state index is 12.7. The van der Waals surface area contributed by atoms with Crippen LogP contribution in [0.15, 0.2) is 48.7 Å². The van der Waals surface area contributed by atoms with Gasteiger partial charge in [-0.1, -0.05) is 30.3 Å². The standard InChI is InChI=1S/C18H23N3O/c1-4-21(13-15-8-6-5-7-9-15)18(22)17-12-16(10-11-19-17)20-14(2)3/h5-12,14H,4,13H2,1-3H3,(H,19,20). The molecule has 0 saturated heterocycles. The van der Waals surface area contributed by atoms with E-state index in [9.17, 15) is 4.79 Å². The summed E-state index contributed by atoms with van der Waals surface area (Å²) in [5.41, 5.74) is 2.52. The summed E-state index contributed by atoms with van der Waals surface area (Å²) in [4.78, 5) is 18.7. The van der Waals surface area contributed by atoms with E-state index in [-0.39, 0.29) is 5.91 Å². The molecule has 1 heterocycles. The van der Waals surface area contributed by atoms with Crippen molar-refractivity contribution in [3.63, 3.8) is 0 Å². The first-order valence-electron chi connectivity index (χ1n) is 7.66. The van der Waals surface area contributed by atoms with E-state index in [1.54, 1.807) is 11.1 Å². The maximum Gasteiger partial charge on any atom is 0.272 e. The summed E-state index contributed by atoms with van der Waals surface area (Å²) >= 11 is 0. The number of carbonyl (C=O) groups is 1. The van der Waals surface area contributed by atoms with Crippen LogP contribution in [0, 0.1) is 0 Å². The minimum Gasteiger partial charge on any atom is -0.383 e. The Morgan fingerprint density at radius 3 is 2.59 bits per heavy atom. The lowest BCUT2D eigenvalue weighted by molar-refractivity contribution is 0.0746. The van der Waals surface area contributed by atoms with Crippen molar-refractivity contribution in [3.05, 3.63) is 59.9 Å². The SMILES string of the molecule is CCN(Cc1ccccc1)C(=O)c1cc(NC(C)C)ccn1. The third-order valence-corrected chi connectivity index (χ3v) is 3.32. The first-order valence-corrected chi connectivity index (χ1v) is 7.66. The van der Waals surface area contributed by atoms with E-state index in [0.717, 1.165) is 11.3 Å². The number of nitrogens with zero attached hydrogens (tertiary/aromatic N) is 2. The number of hydrogen-bond donors (Lipinski definition) is 1. The molecule has 0 aliphatic heterocycles. The van der Waals surface area contributed by atoms with Crippen LogP contribution in [0.5, 0.6) is 0 Å². The van der Waals surface area contributed by atoms with Gasteiger partial charge in [0.25, 0.3) is 5.91 Å². The topological polar surface area (TPSA) is 45.2 Å². The summed E-state index contributed by atoms with van der Waals surface area (Å²) in [5, 5.41) is 3.30. The number of amides is 1. The number of carbonyl (C=O) groups excluding carboxylic acids is 1. The van der Waals surface area contributed by atoms with Crippen molar-refractivity contribution in [1.29, 1.82) is 0 Å². The second-order valence-corrected chi connectivity index (χ2v) is 5.53. The summed E-state index contributed by atoms with van der Waals surface area (Å²) in [6.07, 6.45) is 1.67. The molecule has 0 atom stereocenters. The molecule has 1 N–H and O–H groups in total. The number of nitrogens with one attached hydrogen (secondary N) is 1. The van der Waals surface area contributed by atoms with Crippen molar-refractivity contribution in [3.8, 4) is 0 Å². The Hall–Kier alpha value is -2.36. The average molecular weight is 297 g/mol. The van der Waals surface area contributed by atoms with Gasteiger partial charge in [-0.25, -0.2) is 0 Å². The number of pyridine rings is 1. The largest absolute Gasteiger partial charge is 0.383 e. The van der Waals surface area contributed by atoms with Crippen molar-refractivity contribution >= 4 is 11.6 Å². The first kappa shape index (κ1) is 16.0. The van der Waals surface area contributed by atoms with E-state index in [4.69, 9.17) is 0 Å². The Labute approximate surface area is 132 Å². The Morgan fingerprint density at radius 2 is 1.95 bits per heavy atom. The van der Waals surface area contributed by atoms with Crippen LogP contribution in [-0.2, 0) is 6.54 Å². The third kappa shape index (κ3) is 4.32. The van der Waals surface area contributed by atoms with Gasteiger partial charge in [-0.15, -0.1) is 0 Å². The van der Waals surface area contributed by atoms with Crippen LogP contribution in [0.2, 0.25) is 0 Å². The molecule has 22 heavy (non-hydrogen) atoms. The van der Waals surface area contributed by atoms with E-state index >= 15 is 0 Å². The van der Waals surface area contributed by atoms with Gasteiger partial charge in [0, 0.05) is 31.0 Å². The summed E-state index contributed by atoms with van der Waals surface area (Å²) in [6, 6.07) is 14.0. The van der Waals surface area contributed by atoms with Gasteiger partial charge in [0.1, 0.15) is 5.69 Å². The molecule has 0 aliphatic rings. The number of anilines is 1. The van der Waals surface area contributed by atoms with Crippen LogP contribution in [0.1, 0.15) is 36.8 Å². The van der Waals surface area contributed by atoms with E-state index in [1.165, 1.54) is 0 Å². The minimum absolute atomic E-state index is 0.0428. The lowest BCUT2D eigenvalue weighted by Crippen LogP contribution is -2.31. The number of aromatic nitrogens is 1. The quantitative estimate of drug-likeness (QED) is 0.886. The fraction of sp³-hybridized carbons (Fsp3) is 0.333. The Balaban J connectivity index is 2.14. The van der Waals surface area contributed by atoms with Crippen molar-refractivity contribution in [1.82, 2.24) is 9.88 Å². The summed E-state index contributed by atoms with van der Waals surface area (Å²) in [5.74, 6) is -0.0428. The molecule has 1 aromatic carbocycles. The van der Waals surface area contributed by atoms with Crippen LogP contribution < -0.4 is 5.32 Å². The molecule has 0 saturated carbocycles. The molecule has 4 heteroatoms. The second-order valence-electron chi connectivity index (χ2n) is 5.53. The molecule has 4 nitrogen and oxygen atoms in total. The van der Waals surface area contributed by atoms with E-state index in [1.807, 2.05) is 49.4 Å². The van der Waals surface area contributed by atoms with Gasteiger partial charge in [-0.2, -0.15) is 0 Å². The molecule has 0 spiro atoms. The molecular formula is C18H23N3O. The number of rotatable bonds is 6. The smallest absolute Gasteiger partial charge is 0.272 e. The fourth-order valence-corrected chi connectivity index (χ4v) is 2.26. The summed E-state index contributed by atoms with van der Waals surface area (Å²) < 4.78 is 0. The third-order valence-electron chi connectivity index (χ3n) is 3.32. The predicted molar refractivity (Wildman–Crippen MR) is 89.9 cm³/mol.